The molecule has 0 atom stereocenters. The first-order valence-electron chi connectivity index (χ1n) is 4.22. The van der Waals surface area contributed by atoms with Gasteiger partial charge in [-0.2, -0.15) is 13.2 Å². The Labute approximate surface area is 89.0 Å². The number of nitrogens with two attached hydrogens (primary N) is 1. The second-order valence-corrected chi connectivity index (χ2v) is 3.07. The van der Waals surface area contributed by atoms with Gasteiger partial charge in [-0.05, 0) is 18.2 Å². The van der Waals surface area contributed by atoms with Crippen LogP contribution in [0.25, 0.3) is 0 Å². The van der Waals surface area contributed by atoms with Gasteiger partial charge in [-0.1, -0.05) is 6.07 Å². The highest BCUT2D eigenvalue weighted by molar-refractivity contribution is 5.73. The van der Waals surface area contributed by atoms with Crippen molar-refractivity contribution in [3.8, 4) is 0 Å². The first kappa shape index (κ1) is 12.3. The zero-order chi connectivity index (χ0) is 12.3. The summed E-state index contributed by atoms with van der Waals surface area (Å²) in [5, 5.41) is 9.16. The molecule has 1 aromatic carbocycles. The molecule has 0 saturated heterocycles. The summed E-state index contributed by atoms with van der Waals surface area (Å²) in [4.78, 5) is 10.3. The van der Waals surface area contributed by atoms with Crippen molar-refractivity contribution < 1.29 is 23.1 Å². The molecule has 7 heteroatoms. The molecule has 0 spiro atoms. The molecular formula is C9H9F3N2O2. The van der Waals surface area contributed by atoms with Crippen molar-refractivity contribution >= 4 is 11.7 Å². The molecule has 1 aromatic rings. The molecule has 0 heterocycles. The molecule has 0 unspecified atom stereocenters. The second kappa shape index (κ2) is 4.40. The molecule has 0 fully saturated rings. The molecule has 0 aliphatic carbocycles. The van der Waals surface area contributed by atoms with Crippen LogP contribution in [0.5, 0.6) is 0 Å². The highest BCUT2D eigenvalue weighted by Crippen LogP contribution is 2.31. The van der Waals surface area contributed by atoms with Crippen LogP contribution in [0.4, 0.5) is 18.9 Å². The maximum Gasteiger partial charge on any atom is 0.416 e. The van der Waals surface area contributed by atoms with Crippen molar-refractivity contribution in [2.45, 2.75) is 6.18 Å². The predicted octanol–water partition coefficient (Wildman–Crippen LogP) is 1.47. The third kappa shape index (κ3) is 3.13. The summed E-state index contributed by atoms with van der Waals surface area (Å²) < 4.78 is 37.0. The number of carboxylic acid groups (broad SMARTS) is 1. The summed E-state index contributed by atoms with van der Waals surface area (Å²) in [5.74, 6) is 4.07. The van der Waals surface area contributed by atoms with Crippen molar-refractivity contribution in [2.75, 3.05) is 11.6 Å². The third-order valence-electron chi connectivity index (χ3n) is 1.81. The zero-order valence-corrected chi connectivity index (χ0v) is 8.03. The number of alkyl halides is 3. The average Bonchev–Trinajstić information content (AvgIpc) is 2.15. The molecule has 1 rings (SSSR count). The van der Waals surface area contributed by atoms with Crippen LogP contribution in [0.2, 0.25) is 0 Å². The number of hydrogen-bond acceptors (Lipinski definition) is 3. The Morgan fingerprint density at radius 3 is 2.56 bits per heavy atom. The van der Waals surface area contributed by atoms with Gasteiger partial charge in [0.05, 0.1) is 11.3 Å². The van der Waals surface area contributed by atoms with Gasteiger partial charge in [-0.3, -0.25) is 9.80 Å². The largest absolute Gasteiger partial charge is 0.480 e. The van der Waals surface area contributed by atoms with Gasteiger partial charge in [-0.15, -0.1) is 0 Å². The topological polar surface area (TPSA) is 66.6 Å². The van der Waals surface area contributed by atoms with Crippen LogP contribution >= 0.6 is 0 Å². The van der Waals surface area contributed by atoms with Crippen molar-refractivity contribution in [1.82, 2.24) is 0 Å². The number of nitrogens with zero attached hydrogens (tertiary/aromatic N) is 1. The van der Waals surface area contributed by atoms with Gasteiger partial charge in [-0.25, -0.2) is 5.84 Å². The lowest BCUT2D eigenvalue weighted by Crippen LogP contribution is -2.36. The van der Waals surface area contributed by atoms with E-state index in [1.807, 2.05) is 0 Å². The zero-order valence-electron chi connectivity index (χ0n) is 8.03. The van der Waals surface area contributed by atoms with E-state index in [0.29, 0.717) is 0 Å². The van der Waals surface area contributed by atoms with Crippen molar-refractivity contribution in [3.05, 3.63) is 29.8 Å². The molecule has 0 bridgehead atoms. The first-order chi connectivity index (χ1) is 7.30. The Balaban J connectivity index is 2.94. The van der Waals surface area contributed by atoms with Crippen LogP contribution in [0, 0.1) is 0 Å². The number of aliphatic carboxylic acids is 1. The quantitative estimate of drug-likeness (QED) is 0.614. The van der Waals surface area contributed by atoms with E-state index in [1.165, 1.54) is 12.1 Å². The Kier molecular flexibility index (Phi) is 3.38. The summed E-state index contributed by atoms with van der Waals surface area (Å²) >= 11 is 0. The summed E-state index contributed by atoms with van der Waals surface area (Å²) in [6.07, 6.45) is -4.47. The maximum absolute atomic E-state index is 12.3. The molecule has 0 saturated carbocycles. The van der Waals surface area contributed by atoms with Gasteiger partial charge >= 0.3 is 12.1 Å². The number of hydrogen-bond donors (Lipinski definition) is 2. The number of hydrazine groups is 1. The monoisotopic (exact) mass is 234 g/mol. The molecule has 0 radical (unpaired) electrons. The van der Waals surface area contributed by atoms with E-state index in [2.05, 4.69) is 0 Å². The Bertz CT molecular complexity index is 393. The van der Waals surface area contributed by atoms with E-state index < -0.39 is 24.3 Å². The standard InChI is InChI=1S/C9H9F3N2O2/c10-9(11,12)6-2-1-3-7(4-6)14(13)5-8(15)16/h1-4H,5,13H2,(H,15,16). The van der Waals surface area contributed by atoms with Crippen LogP contribution in [0.3, 0.4) is 0 Å². The number of carbonyl (C=O) groups is 1. The van der Waals surface area contributed by atoms with Gasteiger partial charge < -0.3 is 5.11 Å². The van der Waals surface area contributed by atoms with Crippen molar-refractivity contribution in [2.24, 2.45) is 5.84 Å². The van der Waals surface area contributed by atoms with Crippen molar-refractivity contribution in [1.29, 1.82) is 0 Å². The minimum absolute atomic E-state index is 0.00257. The number of benzene rings is 1. The molecule has 88 valence electrons. The molecule has 0 aliphatic rings. The summed E-state index contributed by atoms with van der Waals surface area (Å²) in [6, 6.07) is 4.15. The fourth-order valence-corrected chi connectivity index (χ4v) is 1.10. The SMILES string of the molecule is NN(CC(=O)O)c1cccc(C(F)(F)F)c1. The van der Waals surface area contributed by atoms with Crippen LogP contribution in [0.1, 0.15) is 5.56 Å². The molecule has 0 aromatic heterocycles. The minimum Gasteiger partial charge on any atom is -0.480 e. The van der Waals surface area contributed by atoms with Crippen LogP contribution in [-0.2, 0) is 11.0 Å². The summed E-state index contributed by atoms with van der Waals surface area (Å²) in [7, 11) is 0. The van der Waals surface area contributed by atoms with E-state index >= 15 is 0 Å². The summed E-state index contributed by atoms with van der Waals surface area (Å²) in [5.41, 5.74) is -0.872. The molecule has 4 nitrogen and oxygen atoms in total. The Hall–Kier alpha value is -1.76. The van der Waals surface area contributed by atoms with E-state index in [9.17, 15) is 18.0 Å². The Morgan fingerprint density at radius 2 is 2.06 bits per heavy atom. The maximum atomic E-state index is 12.3. The molecule has 16 heavy (non-hydrogen) atoms. The molecule has 3 N–H and O–H groups in total. The number of halogens is 3. The Morgan fingerprint density at radius 1 is 1.44 bits per heavy atom. The average molecular weight is 234 g/mol. The normalized spacial score (nSPS) is 11.2. The fraction of sp³-hybridized carbons (Fsp3) is 0.222. The van der Waals surface area contributed by atoms with Crippen LogP contribution in [-0.4, -0.2) is 17.6 Å². The second-order valence-electron chi connectivity index (χ2n) is 3.07. The third-order valence-corrected chi connectivity index (χ3v) is 1.81. The molecular weight excluding hydrogens is 225 g/mol. The van der Waals surface area contributed by atoms with E-state index in [0.717, 1.165) is 17.1 Å². The summed E-state index contributed by atoms with van der Waals surface area (Å²) in [6.45, 7) is -0.568. The lowest BCUT2D eigenvalue weighted by atomic mass is 10.2. The van der Waals surface area contributed by atoms with Gasteiger partial charge in [0.2, 0.25) is 0 Å². The van der Waals surface area contributed by atoms with E-state index in [4.69, 9.17) is 10.9 Å². The van der Waals surface area contributed by atoms with Gasteiger partial charge in [0.15, 0.2) is 0 Å². The molecule has 0 aliphatic heterocycles. The number of rotatable bonds is 3. The van der Waals surface area contributed by atoms with E-state index in [-0.39, 0.29) is 5.69 Å². The van der Waals surface area contributed by atoms with Crippen LogP contribution < -0.4 is 10.9 Å². The van der Waals surface area contributed by atoms with Crippen LogP contribution in [0.15, 0.2) is 24.3 Å². The van der Waals surface area contributed by atoms with Gasteiger partial charge in [0.25, 0.3) is 0 Å². The predicted molar refractivity (Wildman–Crippen MR) is 50.6 cm³/mol. The fourth-order valence-electron chi connectivity index (χ4n) is 1.10. The molecule has 0 amide bonds. The number of carboxylic acids is 1. The van der Waals surface area contributed by atoms with Crippen molar-refractivity contribution in [3.63, 3.8) is 0 Å². The number of anilines is 1. The lowest BCUT2D eigenvalue weighted by Gasteiger charge is -2.17. The lowest BCUT2D eigenvalue weighted by molar-refractivity contribution is -0.137. The minimum atomic E-state index is -4.47. The van der Waals surface area contributed by atoms with E-state index in [1.54, 1.807) is 0 Å². The highest BCUT2D eigenvalue weighted by atomic mass is 19.4. The first-order valence-corrected chi connectivity index (χ1v) is 4.22. The smallest absolute Gasteiger partial charge is 0.416 e. The highest BCUT2D eigenvalue weighted by Gasteiger charge is 2.30. The van der Waals surface area contributed by atoms with Gasteiger partial charge in [0, 0.05) is 0 Å². The van der Waals surface area contributed by atoms with Gasteiger partial charge in [0.1, 0.15) is 6.54 Å².